The molecule has 0 unspecified atom stereocenters. The van der Waals surface area contributed by atoms with E-state index in [1.54, 1.807) is 6.07 Å². The third kappa shape index (κ3) is 3.85. The van der Waals surface area contributed by atoms with Crippen LogP contribution in [0.1, 0.15) is 25.1 Å². The SMILES string of the molecule is Cc1nc(N)cc(OCCN2CCCCC2)n1. The molecule has 0 bridgehead atoms. The van der Waals surface area contributed by atoms with Gasteiger partial charge in [0.2, 0.25) is 5.88 Å². The van der Waals surface area contributed by atoms with E-state index in [1.807, 2.05) is 6.92 Å². The lowest BCUT2D eigenvalue weighted by molar-refractivity contribution is 0.180. The maximum atomic E-state index is 5.63. The van der Waals surface area contributed by atoms with E-state index in [0.29, 0.717) is 24.1 Å². The van der Waals surface area contributed by atoms with Crippen molar-refractivity contribution in [3.8, 4) is 5.88 Å². The summed E-state index contributed by atoms with van der Waals surface area (Å²) in [5.74, 6) is 1.69. The van der Waals surface area contributed by atoms with Crippen LogP contribution in [0.2, 0.25) is 0 Å². The quantitative estimate of drug-likeness (QED) is 0.852. The number of aromatic nitrogens is 2. The molecule has 1 aliphatic heterocycles. The van der Waals surface area contributed by atoms with Gasteiger partial charge in [-0.25, -0.2) is 4.98 Å². The highest BCUT2D eigenvalue weighted by Crippen LogP contribution is 2.11. The van der Waals surface area contributed by atoms with Gasteiger partial charge in [-0.1, -0.05) is 6.42 Å². The van der Waals surface area contributed by atoms with Crippen molar-refractivity contribution in [2.45, 2.75) is 26.2 Å². The highest BCUT2D eigenvalue weighted by atomic mass is 16.5. The van der Waals surface area contributed by atoms with Gasteiger partial charge in [0.25, 0.3) is 0 Å². The number of nitrogen functional groups attached to an aromatic ring is 1. The Morgan fingerprint density at radius 3 is 2.76 bits per heavy atom. The van der Waals surface area contributed by atoms with Gasteiger partial charge in [-0.2, -0.15) is 4.98 Å². The van der Waals surface area contributed by atoms with Crippen molar-refractivity contribution in [1.29, 1.82) is 0 Å². The molecule has 0 radical (unpaired) electrons. The Balaban J connectivity index is 1.77. The van der Waals surface area contributed by atoms with Crippen LogP contribution in [0.5, 0.6) is 5.88 Å². The monoisotopic (exact) mass is 236 g/mol. The fourth-order valence-corrected chi connectivity index (χ4v) is 2.10. The molecule has 2 heterocycles. The zero-order chi connectivity index (χ0) is 12.1. The van der Waals surface area contributed by atoms with Gasteiger partial charge >= 0.3 is 0 Å². The molecule has 0 amide bonds. The molecule has 1 aromatic heterocycles. The van der Waals surface area contributed by atoms with Gasteiger partial charge in [-0.05, 0) is 32.9 Å². The first-order chi connectivity index (χ1) is 8.24. The van der Waals surface area contributed by atoms with Gasteiger partial charge in [-0.3, -0.25) is 4.90 Å². The molecule has 2 N–H and O–H groups in total. The lowest BCUT2D eigenvalue weighted by Crippen LogP contribution is -2.33. The first kappa shape index (κ1) is 12.1. The first-order valence-electron chi connectivity index (χ1n) is 6.20. The number of nitrogens with zero attached hydrogens (tertiary/aromatic N) is 3. The second-order valence-corrected chi connectivity index (χ2v) is 4.43. The molecule has 5 heteroatoms. The summed E-state index contributed by atoms with van der Waals surface area (Å²) in [5, 5.41) is 0. The summed E-state index contributed by atoms with van der Waals surface area (Å²) in [4.78, 5) is 10.6. The van der Waals surface area contributed by atoms with Gasteiger partial charge < -0.3 is 10.5 Å². The highest BCUT2D eigenvalue weighted by Gasteiger charge is 2.09. The minimum atomic E-state index is 0.463. The van der Waals surface area contributed by atoms with E-state index in [1.165, 1.54) is 32.4 Å². The van der Waals surface area contributed by atoms with E-state index in [2.05, 4.69) is 14.9 Å². The normalized spacial score (nSPS) is 17.0. The second-order valence-electron chi connectivity index (χ2n) is 4.43. The summed E-state index contributed by atoms with van der Waals surface area (Å²) >= 11 is 0. The van der Waals surface area contributed by atoms with Crippen LogP contribution in [0.3, 0.4) is 0 Å². The van der Waals surface area contributed by atoms with E-state index in [9.17, 15) is 0 Å². The van der Waals surface area contributed by atoms with Crippen LogP contribution in [-0.2, 0) is 0 Å². The molecule has 0 spiro atoms. The lowest BCUT2D eigenvalue weighted by atomic mass is 10.1. The zero-order valence-electron chi connectivity index (χ0n) is 10.4. The predicted octanol–water partition coefficient (Wildman–Crippen LogP) is 1.23. The van der Waals surface area contributed by atoms with Crippen molar-refractivity contribution in [2.24, 2.45) is 0 Å². The third-order valence-electron chi connectivity index (χ3n) is 2.94. The molecule has 5 nitrogen and oxygen atoms in total. The van der Waals surface area contributed by atoms with E-state index < -0.39 is 0 Å². The topological polar surface area (TPSA) is 64.3 Å². The van der Waals surface area contributed by atoms with Crippen LogP contribution < -0.4 is 10.5 Å². The Kier molecular flexibility index (Phi) is 4.14. The maximum Gasteiger partial charge on any atom is 0.218 e. The average Bonchev–Trinajstić information content (AvgIpc) is 2.29. The lowest BCUT2D eigenvalue weighted by Gasteiger charge is -2.26. The molecule has 1 fully saturated rings. The third-order valence-corrected chi connectivity index (χ3v) is 2.94. The van der Waals surface area contributed by atoms with Gasteiger partial charge in [0.15, 0.2) is 0 Å². The second kappa shape index (κ2) is 5.82. The van der Waals surface area contributed by atoms with Crippen LogP contribution in [-0.4, -0.2) is 41.1 Å². The Morgan fingerprint density at radius 1 is 1.29 bits per heavy atom. The molecule has 0 atom stereocenters. The average molecular weight is 236 g/mol. The summed E-state index contributed by atoms with van der Waals surface area (Å²) in [6.45, 7) is 5.81. The summed E-state index contributed by atoms with van der Waals surface area (Å²) in [5.41, 5.74) is 5.63. The van der Waals surface area contributed by atoms with Gasteiger partial charge in [0, 0.05) is 12.6 Å². The largest absolute Gasteiger partial charge is 0.476 e. The van der Waals surface area contributed by atoms with E-state index in [-0.39, 0.29) is 0 Å². The number of hydrogen-bond donors (Lipinski definition) is 1. The van der Waals surface area contributed by atoms with Crippen LogP contribution >= 0.6 is 0 Å². The van der Waals surface area contributed by atoms with Crippen molar-refractivity contribution in [3.05, 3.63) is 11.9 Å². The van der Waals surface area contributed by atoms with Gasteiger partial charge in [0.1, 0.15) is 18.2 Å². The Labute approximate surface area is 102 Å². The van der Waals surface area contributed by atoms with Crippen molar-refractivity contribution >= 4 is 5.82 Å². The van der Waals surface area contributed by atoms with Crippen LogP contribution in [0.4, 0.5) is 5.82 Å². The first-order valence-corrected chi connectivity index (χ1v) is 6.20. The molecule has 1 aromatic rings. The van der Waals surface area contributed by atoms with E-state index in [4.69, 9.17) is 10.5 Å². The molecular formula is C12H20N4O. The molecule has 0 saturated carbocycles. The number of ether oxygens (including phenoxy) is 1. The zero-order valence-corrected chi connectivity index (χ0v) is 10.4. The minimum absolute atomic E-state index is 0.463. The standard InChI is InChI=1S/C12H20N4O/c1-10-14-11(13)9-12(15-10)17-8-7-16-5-3-2-4-6-16/h9H,2-8H2,1H3,(H2,13,14,15). The smallest absolute Gasteiger partial charge is 0.218 e. The van der Waals surface area contributed by atoms with Crippen LogP contribution in [0, 0.1) is 6.92 Å². The predicted molar refractivity (Wildman–Crippen MR) is 67.0 cm³/mol. The Hall–Kier alpha value is -1.36. The van der Waals surface area contributed by atoms with Crippen molar-refractivity contribution < 1.29 is 4.74 Å². The molecule has 94 valence electrons. The van der Waals surface area contributed by atoms with Crippen LogP contribution in [0.15, 0.2) is 6.07 Å². The molecule has 0 aliphatic carbocycles. The molecular weight excluding hydrogens is 216 g/mol. The highest BCUT2D eigenvalue weighted by molar-refractivity contribution is 5.32. The Bertz CT molecular complexity index is 343. The number of piperidine rings is 1. The molecule has 17 heavy (non-hydrogen) atoms. The molecule has 1 saturated heterocycles. The summed E-state index contributed by atoms with van der Waals surface area (Å²) in [6.07, 6.45) is 3.97. The van der Waals surface area contributed by atoms with E-state index in [0.717, 1.165) is 6.54 Å². The number of likely N-dealkylation sites (tertiary alicyclic amines) is 1. The minimum Gasteiger partial charge on any atom is -0.476 e. The van der Waals surface area contributed by atoms with Crippen LogP contribution in [0.25, 0.3) is 0 Å². The van der Waals surface area contributed by atoms with E-state index >= 15 is 0 Å². The number of aryl methyl sites for hydroxylation is 1. The summed E-state index contributed by atoms with van der Waals surface area (Å²) in [7, 11) is 0. The molecule has 2 rings (SSSR count). The summed E-state index contributed by atoms with van der Waals surface area (Å²) in [6, 6.07) is 1.67. The number of anilines is 1. The maximum absolute atomic E-state index is 5.63. The van der Waals surface area contributed by atoms with Gasteiger partial charge in [0.05, 0.1) is 0 Å². The fourth-order valence-electron chi connectivity index (χ4n) is 2.10. The number of rotatable bonds is 4. The van der Waals surface area contributed by atoms with Crippen molar-refractivity contribution in [1.82, 2.24) is 14.9 Å². The Morgan fingerprint density at radius 2 is 2.06 bits per heavy atom. The van der Waals surface area contributed by atoms with Crippen molar-refractivity contribution in [2.75, 3.05) is 32.0 Å². The van der Waals surface area contributed by atoms with Crippen molar-refractivity contribution in [3.63, 3.8) is 0 Å². The number of nitrogens with two attached hydrogens (primary N) is 1. The number of hydrogen-bond acceptors (Lipinski definition) is 5. The summed E-state index contributed by atoms with van der Waals surface area (Å²) < 4.78 is 5.60. The van der Waals surface area contributed by atoms with Gasteiger partial charge in [-0.15, -0.1) is 0 Å². The molecule has 0 aromatic carbocycles. The molecule has 1 aliphatic rings. The fraction of sp³-hybridized carbons (Fsp3) is 0.667.